The molecule has 2 saturated heterocycles. The zero-order chi connectivity index (χ0) is 12.0. The lowest BCUT2D eigenvalue weighted by Gasteiger charge is -2.35. The fourth-order valence-electron chi connectivity index (χ4n) is 5.47. The highest BCUT2D eigenvalue weighted by atomic mass is 15.2. The molecule has 2 atom stereocenters. The monoisotopic (exact) mass is 248 g/mol. The van der Waals surface area contributed by atoms with Crippen molar-refractivity contribution in [3.05, 3.63) is 0 Å². The molecule has 0 aromatic heterocycles. The van der Waals surface area contributed by atoms with Crippen LogP contribution in [-0.4, -0.2) is 37.1 Å². The molecular weight excluding hydrogens is 220 g/mol. The van der Waals surface area contributed by atoms with Gasteiger partial charge in [0.2, 0.25) is 0 Å². The largest absolute Gasteiger partial charge is 0.317 e. The summed E-state index contributed by atoms with van der Waals surface area (Å²) in [4.78, 5) is 2.89. The van der Waals surface area contributed by atoms with Gasteiger partial charge in [-0.25, -0.2) is 0 Å². The SMILES string of the molecule is C1CC2CC(N3CCC4(CCNCC4)C3)CC2C1. The number of fused-ring (bicyclic) bond motifs is 1. The Morgan fingerprint density at radius 3 is 2.39 bits per heavy atom. The zero-order valence-electron chi connectivity index (χ0n) is 11.7. The van der Waals surface area contributed by atoms with Crippen molar-refractivity contribution in [2.24, 2.45) is 17.3 Å². The van der Waals surface area contributed by atoms with Crippen LogP contribution in [0.25, 0.3) is 0 Å². The minimum atomic E-state index is 0.711. The van der Waals surface area contributed by atoms with Gasteiger partial charge in [0.05, 0.1) is 0 Å². The summed E-state index contributed by atoms with van der Waals surface area (Å²) in [5.41, 5.74) is 0.711. The van der Waals surface area contributed by atoms with Crippen molar-refractivity contribution in [1.29, 1.82) is 0 Å². The van der Waals surface area contributed by atoms with Crippen LogP contribution in [0.4, 0.5) is 0 Å². The van der Waals surface area contributed by atoms with E-state index in [-0.39, 0.29) is 0 Å². The molecule has 0 bridgehead atoms. The number of rotatable bonds is 1. The molecule has 2 aliphatic heterocycles. The van der Waals surface area contributed by atoms with Crippen molar-refractivity contribution in [2.75, 3.05) is 26.2 Å². The van der Waals surface area contributed by atoms with E-state index in [4.69, 9.17) is 0 Å². The van der Waals surface area contributed by atoms with Gasteiger partial charge in [-0.05, 0) is 69.0 Å². The lowest BCUT2D eigenvalue weighted by Crippen LogP contribution is -2.40. The van der Waals surface area contributed by atoms with E-state index in [0.29, 0.717) is 5.41 Å². The quantitative estimate of drug-likeness (QED) is 0.767. The second kappa shape index (κ2) is 4.49. The predicted octanol–water partition coefficient (Wildman–Crippen LogP) is 2.64. The first-order chi connectivity index (χ1) is 8.85. The van der Waals surface area contributed by atoms with Crippen LogP contribution in [0, 0.1) is 17.3 Å². The molecule has 1 spiro atoms. The normalized spacial score (nSPS) is 43.7. The first-order valence-electron chi connectivity index (χ1n) is 8.29. The van der Waals surface area contributed by atoms with Crippen molar-refractivity contribution in [3.8, 4) is 0 Å². The second-order valence-electron chi connectivity index (χ2n) is 7.55. The summed E-state index contributed by atoms with van der Waals surface area (Å²) in [6.07, 6.45) is 12.1. The molecule has 4 fully saturated rings. The van der Waals surface area contributed by atoms with Crippen molar-refractivity contribution in [1.82, 2.24) is 10.2 Å². The Morgan fingerprint density at radius 2 is 1.67 bits per heavy atom. The minimum Gasteiger partial charge on any atom is -0.317 e. The summed E-state index contributed by atoms with van der Waals surface area (Å²) in [5.74, 6) is 2.22. The molecule has 0 aromatic rings. The number of nitrogens with zero attached hydrogens (tertiary/aromatic N) is 1. The van der Waals surface area contributed by atoms with Crippen LogP contribution in [0.5, 0.6) is 0 Å². The van der Waals surface area contributed by atoms with Gasteiger partial charge in [-0.3, -0.25) is 4.90 Å². The molecule has 0 amide bonds. The third kappa shape index (κ3) is 1.92. The maximum atomic E-state index is 3.53. The molecule has 2 aliphatic carbocycles. The first-order valence-corrected chi connectivity index (χ1v) is 8.29. The molecule has 4 aliphatic rings. The maximum Gasteiger partial charge on any atom is 0.0101 e. The lowest BCUT2D eigenvalue weighted by molar-refractivity contribution is 0.166. The number of hydrogen-bond acceptors (Lipinski definition) is 2. The van der Waals surface area contributed by atoms with Gasteiger partial charge in [-0.2, -0.15) is 0 Å². The van der Waals surface area contributed by atoms with E-state index >= 15 is 0 Å². The molecule has 102 valence electrons. The van der Waals surface area contributed by atoms with E-state index in [9.17, 15) is 0 Å². The molecular formula is C16H28N2. The molecule has 2 heterocycles. The molecule has 1 N–H and O–H groups in total. The average molecular weight is 248 g/mol. The van der Waals surface area contributed by atoms with E-state index < -0.39 is 0 Å². The molecule has 0 aromatic carbocycles. The van der Waals surface area contributed by atoms with E-state index in [1.807, 2.05) is 0 Å². The second-order valence-corrected chi connectivity index (χ2v) is 7.55. The summed E-state index contributed by atoms with van der Waals surface area (Å²) in [6.45, 7) is 5.37. The van der Waals surface area contributed by atoms with E-state index in [2.05, 4.69) is 10.2 Å². The van der Waals surface area contributed by atoms with Crippen molar-refractivity contribution in [2.45, 2.75) is 57.4 Å². The maximum absolute atomic E-state index is 3.53. The van der Waals surface area contributed by atoms with E-state index in [1.165, 1.54) is 51.9 Å². The van der Waals surface area contributed by atoms with Gasteiger partial charge in [-0.1, -0.05) is 19.3 Å². The Morgan fingerprint density at radius 1 is 0.944 bits per heavy atom. The Kier molecular flexibility index (Phi) is 2.92. The van der Waals surface area contributed by atoms with Gasteiger partial charge < -0.3 is 5.32 Å². The zero-order valence-corrected chi connectivity index (χ0v) is 11.7. The molecule has 2 saturated carbocycles. The van der Waals surface area contributed by atoms with Crippen molar-refractivity contribution in [3.63, 3.8) is 0 Å². The van der Waals surface area contributed by atoms with Crippen LogP contribution < -0.4 is 5.32 Å². The summed E-state index contributed by atoms with van der Waals surface area (Å²) >= 11 is 0. The number of hydrogen-bond donors (Lipinski definition) is 1. The fourth-order valence-corrected chi connectivity index (χ4v) is 5.47. The highest BCUT2D eigenvalue weighted by Gasteiger charge is 2.45. The first kappa shape index (κ1) is 11.7. The Balaban J connectivity index is 1.39. The van der Waals surface area contributed by atoms with Crippen LogP contribution in [-0.2, 0) is 0 Å². The number of likely N-dealkylation sites (tertiary alicyclic amines) is 1. The highest BCUT2D eigenvalue weighted by Crippen LogP contribution is 2.48. The molecule has 2 heteroatoms. The minimum absolute atomic E-state index is 0.711. The third-order valence-corrected chi connectivity index (χ3v) is 6.61. The molecule has 2 nitrogen and oxygen atoms in total. The van der Waals surface area contributed by atoms with Gasteiger partial charge in [-0.15, -0.1) is 0 Å². The van der Waals surface area contributed by atoms with Crippen molar-refractivity contribution >= 4 is 0 Å². The summed E-state index contributed by atoms with van der Waals surface area (Å²) in [7, 11) is 0. The Bertz CT molecular complexity index is 296. The van der Waals surface area contributed by atoms with Crippen molar-refractivity contribution < 1.29 is 0 Å². The van der Waals surface area contributed by atoms with Gasteiger partial charge in [0.25, 0.3) is 0 Å². The predicted molar refractivity (Wildman–Crippen MR) is 74.6 cm³/mol. The summed E-state index contributed by atoms with van der Waals surface area (Å²) < 4.78 is 0. The smallest absolute Gasteiger partial charge is 0.0101 e. The van der Waals surface area contributed by atoms with E-state index in [0.717, 1.165) is 17.9 Å². The highest BCUT2D eigenvalue weighted by molar-refractivity contribution is 4.99. The van der Waals surface area contributed by atoms with Crippen LogP contribution >= 0.6 is 0 Å². The average Bonchev–Trinajstić information content (AvgIpc) is 3.03. The number of nitrogens with one attached hydrogen (secondary N) is 1. The Labute approximate surface area is 111 Å². The molecule has 2 unspecified atom stereocenters. The third-order valence-electron chi connectivity index (χ3n) is 6.61. The molecule has 18 heavy (non-hydrogen) atoms. The van der Waals surface area contributed by atoms with Crippen LogP contribution in [0.1, 0.15) is 51.4 Å². The number of piperidine rings is 1. The molecule has 0 radical (unpaired) electrons. The lowest BCUT2D eigenvalue weighted by atomic mass is 9.78. The topological polar surface area (TPSA) is 15.3 Å². The summed E-state index contributed by atoms with van der Waals surface area (Å²) in [5, 5.41) is 3.53. The van der Waals surface area contributed by atoms with E-state index in [1.54, 1.807) is 25.7 Å². The van der Waals surface area contributed by atoms with Gasteiger partial charge in [0, 0.05) is 12.6 Å². The van der Waals surface area contributed by atoms with Crippen LogP contribution in [0.15, 0.2) is 0 Å². The van der Waals surface area contributed by atoms with Crippen LogP contribution in [0.3, 0.4) is 0 Å². The van der Waals surface area contributed by atoms with Gasteiger partial charge >= 0.3 is 0 Å². The Hall–Kier alpha value is -0.0800. The standard InChI is InChI=1S/C16H28N2/c1-2-13-10-15(11-14(13)3-1)18-9-6-16(12-18)4-7-17-8-5-16/h13-15,17H,1-12H2. The molecule has 4 rings (SSSR count). The van der Waals surface area contributed by atoms with Gasteiger partial charge in [0.15, 0.2) is 0 Å². The fraction of sp³-hybridized carbons (Fsp3) is 1.00. The van der Waals surface area contributed by atoms with Gasteiger partial charge in [0.1, 0.15) is 0 Å². The van der Waals surface area contributed by atoms with Crippen LogP contribution in [0.2, 0.25) is 0 Å². The summed E-state index contributed by atoms with van der Waals surface area (Å²) in [6, 6.07) is 0.967.